The van der Waals surface area contributed by atoms with Crippen LogP contribution in [0.1, 0.15) is 28.4 Å². The van der Waals surface area contributed by atoms with Crippen molar-refractivity contribution < 1.29 is 20.1 Å². The first-order chi connectivity index (χ1) is 9.93. The molecule has 0 aliphatic carbocycles. The maximum atomic E-state index is 12.8. The molecular weight excluding hydrogens is 270 g/mol. The Morgan fingerprint density at radius 2 is 1.71 bits per heavy atom. The topological polar surface area (TPSA) is 89.8 Å². The highest BCUT2D eigenvalue weighted by Gasteiger charge is 2.40. The van der Waals surface area contributed by atoms with E-state index in [0.29, 0.717) is 11.1 Å². The van der Waals surface area contributed by atoms with Gasteiger partial charge in [0.05, 0.1) is 0 Å². The van der Waals surface area contributed by atoms with E-state index in [1.54, 1.807) is 19.1 Å². The summed E-state index contributed by atoms with van der Waals surface area (Å²) in [5.74, 6) is -0.559. The van der Waals surface area contributed by atoms with Gasteiger partial charge in [-0.05, 0) is 36.8 Å². The van der Waals surface area contributed by atoms with E-state index in [0.717, 1.165) is 5.56 Å². The molecule has 0 fully saturated rings. The van der Waals surface area contributed by atoms with Gasteiger partial charge in [0, 0.05) is 17.7 Å². The van der Waals surface area contributed by atoms with E-state index < -0.39 is 5.54 Å². The van der Waals surface area contributed by atoms with Gasteiger partial charge in [0.1, 0.15) is 11.3 Å². The standard InChI is InChI=1S/C16H15NO4/c1-16(9-2-4-10(18)5-3-9)15(21)11-6-7-13(19)14(20)12(11)8-17-16/h2-7,17-20H,8H2,1H3. The summed E-state index contributed by atoms with van der Waals surface area (Å²) in [5, 5.41) is 31.9. The second-order valence-electron chi connectivity index (χ2n) is 5.31. The van der Waals surface area contributed by atoms with Crippen LogP contribution in [0.15, 0.2) is 36.4 Å². The zero-order valence-corrected chi connectivity index (χ0v) is 11.4. The van der Waals surface area contributed by atoms with E-state index in [1.807, 2.05) is 0 Å². The summed E-state index contributed by atoms with van der Waals surface area (Å²) in [4.78, 5) is 12.8. The normalized spacial score (nSPS) is 21.1. The highest BCUT2D eigenvalue weighted by Crippen LogP contribution is 2.38. The Hall–Kier alpha value is -2.53. The van der Waals surface area contributed by atoms with E-state index in [9.17, 15) is 20.1 Å². The maximum Gasteiger partial charge on any atom is 0.187 e. The molecule has 2 aromatic rings. The van der Waals surface area contributed by atoms with Crippen LogP contribution in [0.2, 0.25) is 0 Å². The first kappa shape index (κ1) is 13.5. The first-order valence-corrected chi connectivity index (χ1v) is 6.56. The molecule has 21 heavy (non-hydrogen) atoms. The van der Waals surface area contributed by atoms with Gasteiger partial charge in [0.25, 0.3) is 0 Å². The van der Waals surface area contributed by atoms with E-state index in [1.165, 1.54) is 24.3 Å². The van der Waals surface area contributed by atoms with Crippen LogP contribution < -0.4 is 5.32 Å². The minimum Gasteiger partial charge on any atom is -0.508 e. The Morgan fingerprint density at radius 3 is 2.38 bits per heavy atom. The monoisotopic (exact) mass is 285 g/mol. The van der Waals surface area contributed by atoms with Crippen molar-refractivity contribution in [2.45, 2.75) is 19.0 Å². The lowest BCUT2D eigenvalue weighted by atomic mass is 9.79. The fourth-order valence-corrected chi connectivity index (χ4v) is 2.66. The molecule has 108 valence electrons. The molecule has 0 aromatic heterocycles. The summed E-state index contributed by atoms with van der Waals surface area (Å²) in [5.41, 5.74) is 0.573. The number of carbonyl (C=O) groups excluding carboxylic acids is 1. The van der Waals surface area contributed by atoms with E-state index in [2.05, 4.69) is 5.32 Å². The molecule has 5 heteroatoms. The molecule has 1 aliphatic heterocycles. The third kappa shape index (κ3) is 1.94. The second kappa shape index (κ2) is 4.49. The van der Waals surface area contributed by atoms with Gasteiger partial charge in [-0.3, -0.25) is 10.1 Å². The van der Waals surface area contributed by atoms with Gasteiger partial charge in [-0.15, -0.1) is 0 Å². The number of rotatable bonds is 1. The van der Waals surface area contributed by atoms with Crippen molar-refractivity contribution in [2.75, 3.05) is 0 Å². The van der Waals surface area contributed by atoms with E-state index in [-0.39, 0.29) is 29.6 Å². The molecule has 0 amide bonds. The Balaban J connectivity index is 2.10. The molecule has 1 aliphatic rings. The zero-order valence-electron chi connectivity index (χ0n) is 11.4. The smallest absolute Gasteiger partial charge is 0.187 e. The number of aromatic hydroxyl groups is 3. The molecule has 5 nitrogen and oxygen atoms in total. The third-order valence-corrected chi connectivity index (χ3v) is 4.02. The summed E-state index contributed by atoms with van der Waals surface area (Å²) >= 11 is 0. The lowest BCUT2D eigenvalue weighted by Gasteiger charge is -2.35. The molecule has 0 saturated carbocycles. The van der Waals surface area contributed by atoms with Crippen LogP contribution in [0, 0.1) is 0 Å². The fourth-order valence-electron chi connectivity index (χ4n) is 2.66. The Labute approximate surface area is 121 Å². The molecule has 3 rings (SSSR count). The number of carbonyl (C=O) groups is 1. The number of phenolic OH excluding ortho intramolecular Hbond substituents is 3. The minimum absolute atomic E-state index is 0.133. The predicted molar refractivity (Wildman–Crippen MR) is 76.4 cm³/mol. The van der Waals surface area contributed by atoms with Crippen molar-refractivity contribution in [1.29, 1.82) is 0 Å². The van der Waals surface area contributed by atoms with Crippen molar-refractivity contribution >= 4 is 5.78 Å². The quantitative estimate of drug-likeness (QED) is 0.602. The Bertz CT molecular complexity index is 724. The van der Waals surface area contributed by atoms with Gasteiger partial charge in [-0.2, -0.15) is 0 Å². The molecule has 0 radical (unpaired) electrons. The first-order valence-electron chi connectivity index (χ1n) is 6.56. The number of hydrogen-bond acceptors (Lipinski definition) is 5. The van der Waals surface area contributed by atoms with Crippen LogP contribution in [-0.2, 0) is 12.1 Å². The lowest BCUT2D eigenvalue weighted by molar-refractivity contribution is 0.0844. The highest BCUT2D eigenvalue weighted by atomic mass is 16.3. The Kier molecular flexibility index (Phi) is 2.88. The van der Waals surface area contributed by atoms with Crippen LogP contribution in [-0.4, -0.2) is 21.1 Å². The van der Waals surface area contributed by atoms with E-state index in [4.69, 9.17) is 0 Å². The Morgan fingerprint density at radius 1 is 1.05 bits per heavy atom. The van der Waals surface area contributed by atoms with Crippen molar-refractivity contribution in [2.24, 2.45) is 0 Å². The maximum absolute atomic E-state index is 12.8. The molecule has 0 bridgehead atoms. The molecule has 0 saturated heterocycles. The van der Waals surface area contributed by atoms with E-state index >= 15 is 0 Å². The van der Waals surface area contributed by atoms with Crippen LogP contribution >= 0.6 is 0 Å². The van der Waals surface area contributed by atoms with Crippen molar-refractivity contribution in [1.82, 2.24) is 5.32 Å². The van der Waals surface area contributed by atoms with Gasteiger partial charge < -0.3 is 15.3 Å². The van der Waals surface area contributed by atoms with Gasteiger partial charge >= 0.3 is 0 Å². The highest BCUT2D eigenvalue weighted by molar-refractivity contribution is 6.06. The average molecular weight is 285 g/mol. The van der Waals surface area contributed by atoms with Gasteiger partial charge in [0.2, 0.25) is 0 Å². The number of ketones is 1. The number of fused-ring (bicyclic) bond motifs is 1. The number of phenols is 3. The fraction of sp³-hybridized carbons (Fsp3) is 0.188. The molecule has 1 heterocycles. The summed E-state index contributed by atoms with van der Waals surface area (Å²) in [6.07, 6.45) is 0. The van der Waals surface area contributed by atoms with Gasteiger partial charge in [-0.25, -0.2) is 0 Å². The molecule has 1 unspecified atom stereocenters. The molecule has 1 atom stereocenters. The molecular formula is C16H15NO4. The third-order valence-electron chi connectivity index (χ3n) is 4.02. The summed E-state index contributed by atoms with van der Waals surface area (Å²) in [7, 11) is 0. The molecule has 2 aromatic carbocycles. The SMILES string of the molecule is CC1(c2ccc(O)cc2)NCc2c(ccc(O)c2O)C1=O. The second-order valence-corrected chi connectivity index (χ2v) is 5.31. The largest absolute Gasteiger partial charge is 0.508 e. The molecule has 4 N–H and O–H groups in total. The number of benzene rings is 2. The summed E-state index contributed by atoms with van der Waals surface area (Å²) in [6, 6.07) is 9.26. The van der Waals surface area contributed by atoms with Crippen LogP contribution in [0.5, 0.6) is 17.2 Å². The van der Waals surface area contributed by atoms with Crippen molar-refractivity contribution in [3.63, 3.8) is 0 Å². The summed E-state index contributed by atoms with van der Waals surface area (Å²) in [6.45, 7) is 2.02. The van der Waals surface area contributed by atoms with Crippen molar-refractivity contribution in [3.8, 4) is 17.2 Å². The summed E-state index contributed by atoms with van der Waals surface area (Å²) < 4.78 is 0. The van der Waals surface area contributed by atoms with Crippen LogP contribution in [0.25, 0.3) is 0 Å². The zero-order chi connectivity index (χ0) is 15.2. The minimum atomic E-state index is -0.940. The molecule has 0 spiro atoms. The van der Waals surface area contributed by atoms with Crippen LogP contribution in [0.3, 0.4) is 0 Å². The number of nitrogens with one attached hydrogen (secondary N) is 1. The number of hydrogen-bond donors (Lipinski definition) is 4. The lowest BCUT2D eigenvalue weighted by Crippen LogP contribution is -2.49. The average Bonchev–Trinajstić information content (AvgIpc) is 2.47. The number of Topliss-reactive ketones (excluding diaryl/α,β-unsaturated/α-hetero) is 1. The van der Waals surface area contributed by atoms with Crippen molar-refractivity contribution in [3.05, 3.63) is 53.1 Å². The van der Waals surface area contributed by atoms with Crippen LogP contribution in [0.4, 0.5) is 0 Å². The predicted octanol–water partition coefficient (Wildman–Crippen LogP) is 2.00. The van der Waals surface area contributed by atoms with Gasteiger partial charge in [0.15, 0.2) is 17.3 Å². The van der Waals surface area contributed by atoms with Gasteiger partial charge in [-0.1, -0.05) is 12.1 Å².